The summed E-state index contributed by atoms with van der Waals surface area (Å²) in [6.45, 7) is 3.39. The maximum Gasteiger partial charge on any atom is 0.269 e. The van der Waals surface area contributed by atoms with Gasteiger partial charge in [-0.1, -0.05) is 6.42 Å². The van der Waals surface area contributed by atoms with Crippen molar-refractivity contribution in [3.8, 4) is 0 Å². The summed E-state index contributed by atoms with van der Waals surface area (Å²) in [6, 6.07) is 7.30. The molecule has 0 bridgehead atoms. The van der Waals surface area contributed by atoms with Crippen LogP contribution in [0.4, 0.5) is 5.69 Å². The van der Waals surface area contributed by atoms with Gasteiger partial charge in [0.1, 0.15) is 0 Å². The van der Waals surface area contributed by atoms with Gasteiger partial charge in [-0.2, -0.15) is 0 Å². The minimum absolute atomic E-state index is 0.127. The van der Waals surface area contributed by atoms with Crippen molar-refractivity contribution in [1.29, 1.82) is 0 Å². The molecule has 1 aromatic carbocycles. The number of non-ortho nitro benzene ring substituents is 1. The highest BCUT2D eigenvalue weighted by atomic mass is 16.6. The third-order valence-electron chi connectivity index (χ3n) is 4.91. The molecule has 22 heavy (non-hydrogen) atoms. The molecule has 5 heteroatoms. The van der Waals surface area contributed by atoms with Gasteiger partial charge in [-0.05, 0) is 62.4 Å². The van der Waals surface area contributed by atoms with Gasteiger partial charge in [0, 0.05) is 30.9 Å². The fourth-order valence-electron chi connectivity index (χ4n) is 3.77. The van der Waals surface area contributed by atoms with E-state index in [0.717, 1.165) is 18.2 Å². The molecule has 5 nitrogen and oxygen atoms in total. The number of hydrogen-bond donors (Lipinski definition) is 0. The molecule has 2 atom stereocenters. The predicted octanol–water partition coefficient (Wildman–Crippen LogP) is 3.28. The van der Waals surface area contributed by atoms with Crippen molar-refractivity contribution in [2.24, 2.45) is 10.9 Å². The van der Waals surface area contributed by atoms with Crippen LogP contribution in [0.5, 0.6) is 0 Å². The zero-order valence-electron chi connectivity index (χ0n) is 12.9. The van der Waals surface area contributed by atoms with Crippen LogP contribution in [0.2, 0.25) is 0 Å². The van der Waals surface area contributed by atoms with Crippen LogP contribution < -0.4 is 0 Å². The van der Waals surface area contributed by atoms with E-state index in [-0.39, 0.29) is 10.6 Å². The molecule has 2 aliphatic rings. The van der Waals surface area contributed by atoms with Crippen molar-refractivity contribution < 1.29 is 4.92 Å². The van der Waals surface area contributed by atoms with Crippen LogP contribution in [-0.4, -0.2) is 41.7 Å². The molecule has 0 aliphatic carbocycles. The first-order chi connectivity index (χ1) is 10.7. The molecule has 0 unspecified atom stereocenters. The lowest BCUT2D eigenvalue weighted by molar-refractivity contribution is -0.384. The highest BCUT2D eigenvalue weighted by Gasteiger charge is 2.32. The molecule has 0 saturated carbocycles. The molecule has 2 fully saturated rings. The van der Waals surface area contributed by atoms with Crippen molar-refractivity contribution >= 4 is 11.9 Å². The van der Waals surface area contributed by atoms with Crippen molar-refractivity contribution in [3.05, 3.63) is 39.9 Å². The topological polar surface area (TPSA) is 58.7 Å². The van der Waals surface area contributed by atoms with E-state index in [4.69, 9.17) is 0 Å². The summed E-state index contributed by atoms with van der Waals surface area (Å²) in [4.78, 5) is 17.5. The van der Waals surface area contributed by atoms with Gasteiger partial charge < -0.3 is 4.90 Å². The third-order valence-corrected chi connectivity index (χ3v) is 4.91. The second-order valence-electron chi connectivity index (χ2n) is 6.34. The molecule has 0 amide bonds. The zero-order chi connectivity index (χ0) is 15.4. The maximum absolute atomic E-state index is 10.6. The second kappa shape index (κ2) is 7.01. The van der Waals surface area contributed by atoms with Crippen LogP contribution in [0.3, 0.4) is 0 Å². The third kappa shape index (κ3) is 3.53. The molecule has 0 aromatic heterocycles. The van der Waals surface area contributed by atoms with E-state index in [0.29, 0.717) is 5.92 Å². The first-order valence-corrected chi connectivity index (χ1v) is 8.22. The monoisotopic (exact) mass is 301 g/mol. The zero-order valence-corrected chi connectivity index (χ0v) is 12.9. The SMILES string of the molecule is O=[N+]([O-])c1ccc(C=NC[C@H]2CCCN3CCCC[C@H]23)cc1. The van der Waals surface area contributed by atoms with Crippen LogP contribution in [0.1, 0.15) is 37.7 Å². The second-order valence-corrected chi connectivity index (χ2v) is 6.34. The molecule has 2 aliphatic heterocycles. The number of aliphatic imine (C=N–C) groups is 1. The lowest BCUT2D eigenvalue weighted by Crippen LogP contribution is -2.48. The van der Waals surface area contributed by atoms with E-state index in [2.05, 4.69) is 9.89 Å². The van der Waals surface area contributed by atoms with Crippen molar-refractivity contribution in [1.82, 2.24) is 4.90 Å². The number of nitro groups is 1. The number of piperidine rings is 2. The lowest BCUT2D eigenvalue weighted by atomic mass is 9.83. The summed E-state index contributed by atoms with van der Waals surface area (Å²) in [5.74, 6) is 0.670. The van der Waals surface area contributed by atoms with Gasteiger partial charge in [0.05, 0.1) is 4.92 Å². The van der Waals surface area contributed by atoms with Gasteiger partial charge in [-0.3, -0.25) is 15.1 Å². The Morgan fingerprint density at radius 2 is 1.95 bits per heavy atom. The van der Waals surface area contributed by atoms with E-state index < -0.39 is 0 Å². The first kappa shape index (κ1) is 15.2. The minimum atomic E-state index is -0.374. The summed E-state index contributed by atoms with van der Waals surface area (Å²) >= 11 is 0. The molecule has 2 saturated heterocycles. The standard InChI is InChI=1S/C17H23N3O2/c21-20(22)16-8-6-14(7-9-16)12-18-13-15-4-3-11-19-10-2-1-5-17(15)19/h6-9,12,15,17H,1-5,10-11,13H2/t15-,17-/m1/s1. The van der Waals surface area contributed by atoms with Crippen molar-refractivity contribution in [2.75, 3.05) is 19.6 Å². The Balaban J connectivity index is 1.57. The van der Waals surface area contributed by atoms with Crippen molar-refractivity contribution in [2.45, 2.75) is 38.1 Å². The molecular formula is C17H23N3O2. The van der Waals surface area contributed by atoms with Gasteiger partial charge in [0.25, 0.3) is 5.69 Å². The molecule has 0 spiro atoms. The van der Waals surface area contributed by atoms with Gasteiger partial charge in [-0.15, -0.1) is 0 Å². The highest BCUT2D eigenvalue weighted by molar-refractivity contribution is 5.79. The van der Waals surface area contributed by atoms with Gasteiger partial charge in [0.15, 0.2) is 0 Å². The fraction of sp³-hybridized carbons (Fsp3) is 0.588. The van der Waals surface area contributed by atoms with Gasteiger partial charge in [-0.25, -0.2) is 0 Å². The average Bonchev–Trinajstić information content (AvgIpc) is 2.55. The van der Waals surface area contributed by atoms with Gasteiger partial charge in [0.2, 0.25) is 0 Å². The van der Waals surface area contributed by atoms with Crippen LogP contribution in [-0.2, 0) is 0 Å². The molecule has 1 aromatic rings. The fourth-order valence-corrected chi connectivity index (χ4v) is 3.77. The lowest BCUT2D eigenvalue weighted by Gasteiger charge is -2.43. The summed E-state index contributed by atoms with van der Waals surface area (Å²) < 4.78 is 0. The highest BCUT2D eigenvalue weighted by Crippen LogP contribution is 2.30. The van der Waals surface area contributed by atoms with Crippen LogP contribution in [0.15, 0.2) is 29.3 Å². The number of fused-ring (bicyclic) bond motifs is 1. The number of hydrogen-bond acceptors (Lipinski definition) is 4. The van der Waals surface area contributed by atoms with E-state index in [1.807, 2.05) is 6.21 Å². The molecule has 2 heterocycles. The molecule has 0 radical (unpaired) electrons. The number of nitro benzene ring substituents is 1. The Kier molecular flexibility index (Phi) is 4.83. The molecule has 3 rings (SSSR count). The average molecular weight is 301 g/mol. The number of rotatable bonds is 4. The maximum atomic E-state index is 10.6. The van der Waals surface area contributed by atoms with Crippen LogP contribution >= 0.6 is 0 Å². The largest absolute Gasteiger partial charge is 0.300 e. The van der Waals surface area contributed by atoms with Crippen LogP contribution in [0, 0.1) is 16.0 Å². The van der Waals surface area contributed by atoms with E-state index >= 15 is 0 Å². The number of nitrogens with zero attached hydrogens (tertiary/aromatic N) is 3. The Labute approximate surface area is 131 Å². The smallest absolute Gasteiger partial charge is 0.269 e. The Bertz CT molecular complexity index is 539. The molecule has 0 N–H and O–H groups in total. The van der Waals surface area contributed by atoms with Crippen LogP contribution in [0.25, 0.3) is 0 Å². The summed E-state index contributed by atoms with van der Waals surface area (Å²) in [7, 11) is 0. The molecular weight excluding hydrogens is 278 g/mol. The summed E-state index contributed by atoms with van der Waals surface area (Å²) in [5, 5.41) is 10.6. The van der Waals surface area contributed by atoms with E-state index in [9.17, 15) is 10.1 Å². The Hall–Kier alpha value is -1.75. The summed E-state index contributed by atoms with van der Waals surface area (Å²) in [6.07, 6.45) is 8.43. The minimum Gasteiger partial charge on any atom is -0.300 e. The van der Waals surface area contributed by atoms with E-state index in [1.165, 1.54) is 57.3 Å². The summed E-state index contributed by atoms with van der Waals surface area (Å²) in [5.41, 5.74) is 1.06. The normalized spacial score (nSPS) is 26.0. The molecule has 118 valence electrons. The Morgan fingerprint density at radius 3 is 2.73 bits per heavy atom. The Morgan fingerprint density at radius 1 is 1.18 bits per heavy atom. The van der Waals surface area contributed by atoms with Crippen molar-refractivity contribution in [3.63, 3.8) is 0 Å². The first-order valence-electron chi connectivity index (χ1n) is 8.22. The van der Waals surface area contributed by atoms with E-state index in [1.54, 1.807) is 12.1 Å². The quantitative estimate of drug-likeness (QED) is 0.487. The van der Waals surface area contributed by atoms with Gasteiger partial charge >= 0.3 is 0 Å². The predicted molar refractivity (Wildman–Crippen MR) is 87.5 cm³/mol. The number of benzene rings is 1.